The van der Waals surface area contributed by atoms with Gasteiger partial charge in [-0.05, 0) is 35.4 Å². The van der Waals surface area contributed by atoms with E-state index < -0.39 is 21.1 Å². The van der Waals surface area contributed by atoms with Crippen LogP contribution in [0.1, 0.15) is 17.0 Å². The number of H-pyrrole nitrogens is 3. The zero-order valence-electron chi connectivity index (χ0n) is 17.3. The average Bonchev–Trinajstić information content (AvgIpc) is 3.24. The Labute approximate surface area is 188 Å². The molecule has 4 N–H and O–H groups in total. The molecule has 0 amide bonds. The quantitative estimate of drug-likeness (QED) is 0.291. The first-order valence-electron chi connectivity index (χ1n) is 10.3. The third-order valence-electron chi connectivity index (χ3n) is 5.68. The summed E-state index contributed by atoms with van der Waals surface area (Å²) in [5, 5.41) is 1.03. The van der Waals surface area contributed by atoms with Crippen LogP contribution in [-0.4, -0.2) is 29.9 Å². The molecule has 0 radical (unpaired) electrons. The average molecular weight is 461 g/mol. The molecule has 0 aliphatic carbocycles. The number of hydrogen-bond donors (Lipinski definition) is 4. The first-order chi connectivity index (χ1) is 15.9. The first-order valence-corrected chi connectivity index (χ1v) is 11.8. The van der Waals surface area contributed by atoms with Crippen LogP contribution in [0, 0.1) is 0 Å². The largest absolute Gasteiger partial charge is 0.361 e. The van der Waals surface area contributed by atoms with Crippen molar-refractivity contribution in [2.24, 2.45) is 0 Å². The molecule has 166 valence electrons. The van der Waals surface area contributed by atoms with Gasteiger partial charge in [0.2, 0.25) is 10.0 Å². The lowest BCUT2D eigenvalue weighted by Gasteiger charge is -2.18. The summed E-state index contributed by atoms with van der Waals surface area (Å²) in [5.74, 6) is -0.228. The van der Waals surface area contributed by atoms with Gasteiger partial charge in [0.15, 0.2) is 0 Å². The number of para-hydroxylation sites is 1. The van der Waals surface area contributed by atoms with E-state index in [9.17, 15) is 18.0 Å². The van der Waals surface area contributed by atoms with E-state index in [1.54, 1.807) is 0 Å². The van der Waals surface area contributed by atoms with Crippen molar-refractivity contribution in [2.75, 3.05) is 6.54 Å². The minimum absolute atomic E-state index is 0.0107. The lowest BCUT2D eigenvalue weighted by molar-refractivity contribution is 0.578. The molecule has 5 rings (SSSR count). The minimum Gasteiger partial charge on any atom is -0.361 e. The van der Waals surface area contributed by atoms with Crippen molar-refractivity contribution in [2.45, 2.75) is 10.8 Å². The van der Waals surface area contributed by atoms with Crippen LogP contribution >= 0.6 is 0 Å². The first kappa shape index (κ1) is 20.9. The van der Waals surface area contributed by atoms with E-state index in [4.69, 9.17) is 0 Å². The lowest BCUT2D eigenvalue weighted by atomic mass is 9.91. The Kier molecular flexibility index (Phi) is 5.20. The number of fused-ring (bicyclic) bond motifs is 2. The number of aromatic amines is 3. The molecular formula is C24H20N4O4S. The van der Waals surface area contributed by atoms with Crippen LogP contribution in [0.25, 0.3) is 21.9 Å². The number of aromatic nitrogens is 3. The molecule has 0 saturated heterocycles. The SMILES string of the molecule is O=c1[nH]c2ccc(S(=O)(=O)NCC(c3ccccc3)c3c[nH]c4ccccc34)cc2[nH]c1=O. The van der Waals surface area contributed by atoms with E-state index >= 15 is 0 Å². The van der Waals surface area contributed by atoms with E-state index in [0.717, 1.165) is 22.0 Å². The Balaban J connectivity index is 1.50. The fourth-order valence-electron chi connectivity index (χ4n) is 4.01. The maximum absolute atomic E-state index is 13.1. The van der Waals surface area contributed by atoms with Crippen LogP contribution in [-0.2, 0) is 10.0 Å². The predicted molar refractivity (Wildman–Crippen MR) is 127 cm³/mol. The van der Waals surface area contributed by atoms with E-state index in [-0.39, 0.29) is 22.9 Å². The van der Waals surface area contributed by atoms with Gasteiger partial charge in [-0.15, -0.1) is 0 Å². The highest BCUT2D eigenvalue weighted by Gasteiger charge is 2.22. The van der Waals surface area contributed by atoms with Gasteiger partial charge in [-0.3, -0.25) is 9.59 Å². The molecule has 1 unspecified atom stereocenters. The fourth-order valence-corrected chi connectivity index (χ4v) is 5.09. The monoisotopic (exact) mass is 460 g/mol. The Morgan fingerprint density at radius 1 is 0.788 bits per heavy atom. The zero-order valence-corrected chi connectivity index (χ0v) is 18.1. The molecule has 1 atom stereocenters. The Morgan fingerprint density at radius 2 is 1.48 bits per heavy atom. The summed E-state index contributed by atoms with van der Waals surface area (Å²) in [6.07, 6.45) is 1.91. The molecule has 2 heterocycles. The van der Waals surface area contributed by atoms with E-state index in [2.05, 4.69) is 19.7 Å². The van der Waals surface area contributed by atoms with Gasteiger partial charge < -0.3 is 15.0 Å². The van der Waals surface area contributed by atoms with Gasteiger partial charge >= 0.3 is 11.1 Å². The van der Waals surface area contributed by atoms with Crippen LogP contribution in [0.5, 0.6) is 0 Å². The highest BCUT2D eigenvalue weighted by molar-refractivity contribution is 7.89. The summed E-state index contributed by atoms with van der Waals surface area (Å²) < 4.78 is 28.9. The number of rotatable bonds is 6. The lowest BCUT2D eigenvalue weighted by Crippen LogP contribution is -2.30. The zero-order chi connectivity index (χ0) is 23.0. The maximum atomic E-state index is 13.1. The van der Waals surface area contributed by atoms with E-state index in [1.807, 2.05) is 60.8 Å². The van der Waals surface area contributed by atoms with Crippen LogP contribution in [0.3, 0.4) is 0 Å². The minimum atomic E-state index is -3.90. The summed E-state index contributed by atoms with van der Waals surface area (Å²) >= 11 is 0. The molecule has 0 fully saturated rings. The number of hydrogen-bond acceptors (Lipinski definition) is 4. The van der Waals surface area contributed by atoms with Crippen LogP contribution in [0.4, 0.5) is 0 Å². The molecule has 33 heavy (non-hydrogen) atoms. The molecule has 2 aromatic heterocycles. The van der Waals surface area contributed by atoms with Crippen LogP contribution < -0.4 is 15.8 Å². The number of benzene rings is 3. The normalized spacial score (nSPS) is 12.8. The molecule has 8 nitrogen and oxygen atoms in total. The van der Waals surface area contributed by atoms with Crippen molar-refractivity contribution < 1.29 is 8.42 Å². The molecule has 0 aliphatic heterocycles. The predicted octanol–water partition coefficient (Wildman–Crippen LogP) is 2.81. The molecule has 0 aliphatic rings. The standard InChI is InChI=1S/C24H20N4O4S/c29-23-24(30)28-22-12-16(10-11-21(22)27-23)33(31,32)26-14-18(15-6-2-1-3-7-15)19-13-25-20-9-5-4-8-17(19)20/h1-13,18,25-26H,14H2,(H,27,29)(H,28,30). The molecule has 5 aromatic rings. The molecular weight excluding hydrogens is 440 g/mol. The summed E-state index contributed by atoms with van der Waals surface area (Å²) in [4.78, 5) is 31.2. The maximum Gasteiger partial charge on any atom is 0.314 e. The second-order valence-electron chi connectivity index (χ2n) is 7.72. The van der Waals surface area contributed by atoms with Gasteiger partial charge in [0.25, 0.3) is 0 Å². The van der Waals surface area contributed by atoms with Gasteiger partial charge in [-0.2, -0.15) is 0 Å². The van der Waals surface area contributed by atoms with Crippen molar-refractivity contribution >= 4 is 32.0 Å². The highest BCUT2D eigenvalue weighted by Crippen LogP contribution is 2.30. The van der Waals surface area contributed by atoms with Gasteiger partial charge in [0.1, 0.15) is 0 Å². The Morgan fingerprint density at radius 3 is 2.27 bits per heavy atom. The summed E-state index contributed by atoms with van der Waals surface area (Å²) in [6.45, 7) is 0.133. The van der Waals surface area contributed by atoms with Crippen LogP contribution in [0.2, 0.25) is 0 Å². The van der Waals surface area contributed by atoms with E-state index in [1.165, 1.54) is 18.2 Å². The third-order valence-corrected chi connectivity index (χ3v) is 7.10. The van der Waals surface area contributed by atoms with Crippen molar-refractivity contribution in [1.82, 2.24) is 19.7 Å². The summed E-state index contributed by atoms with van der Waals surface area (Å²) in [6, 6.07) is 21.8. The number of sulfonamides is 1. The summed E-state index contributed by atoms with van der Waals surface area (Å²) in [7, 11) is -3.90. The summed E-state index contributed by atoms with van der Waals surface area (Å²) in [5.41, 5.74) is 1.89. The van der Waals surface area contributed by atoms with Crippen molar-refractivity contribution in [3.8, 4) is 0 Å². The van der Waals surface area contributed by atoms with Crippen molar-refractivity contribution in [3.63, 3.8) is 0 Å². The number of nitrogens with one attached hydrogen (secondary N) is 4. The second-order valence-corrected chi connectivity index (χ2v) is 9.49. The fraction of sp³-hybridized carbons (Fsp3) is 0.0833. The molecule has 0 bridgehead atoms. The smallest absolute Gasteiger partial charge is 0.314 e. The Bertz CT molecular complexity index is 1680. The second kappa shape index (κ2) is 8.19. The Hall–Kier alpha value is -3.95. The van der Waals surface area contributed by atoms with Crippen LogP contribution in [0.15, 0.2) is 93.5 Å². The molecule has 0 saturated carbocycles. The molecule has 9 heteroatoms. The van der Waals surface area contributed by atoms with Crippen molar-refractivity contribution in [1.29, 1.82) is 0 Å². The van der Waals surface area contributed by atoms with Gasteiger partial charge in [-0.25, -0.2) is 13.1 Å². The highest BCUT2D eigenvalue weighted by atomic mass is 32.2. The topological polar surface area (TPSA) is 128 Å². The molecule has 0 spiro atoms. The van der Waals surface area contributed by atoms with E-state index in [0.29, 0.717) is 5.52 Å². The van der Waals surface area contributed by atoms with Gasteiger partial charge in [0, 0.05) is 29.6 Å². The third kappa shape index (κ3) is 3.99. The van der Waals surface area contributed by atoms with Crippen molar-refractivity contribution in [3.05, 3.63) is 111 Å². The molecule has 3 aromatic carbocycles. The van der Waals surface area contributed by atoms with Gasteiger partial charge in [0.05, 0.1) is 15.9 Å². The van der Waals surface area contributed by atoms with Gasteiger partial charge in [-0.1, -0.05) is 48.5 Å².